The number of likely N-dealkylation sites (tertiary alicyclic amines) is 1. The minimum atomic E-state index is -0.0238. The number of carbonyl (C=O) groups is 1. The van der Waals surface area contributed by atoms with Gasteiger partial charge in [0.25, 0.3) is 0 Å². The summed E-state index contributed by atoms with van der Waals surface area (Å²) in [5, 5.41) is 2.95. The first-order chi connectivity index (χ1) is 12.7. The largest absolute Gasteiger partial charge is 0.497 e. The summed E-state index contributed by atoms with van der Waals surface area (Å²) < 4.78 is 15.9. The highest BCUT2D eigenvalue weighted by Gasteiger charge is 2.27. The fourth-order valence-corrected chi connectivity index (χ4v) is 3.58. The first-order valence-corrected chi connectivity index (χ1v) is 8.80. The van der Waals surface area contributed by atoms with Crippen molar-refractivity contribution in [2.45, 2.75) is 18.9 Å². The number of amides is 1. The number of hydrogen-bond donors (Lipinski definition) is 1. The van der Waals surface area contributed by atoms with Gasteiger partial charge in [-0.15, -0.1) is 0 Å². The van der Waals surface area contributed by atoms with Crippen LogP contribution in [0.15, 0.2) is 42.5 Å². The molecule has 1 fully saturated rings. The molecule has 0 aromatic heterocycles. The summed E-state index contributed by atoms with van der Waals surface area (Å²) in [6.45, 7) is 1.51. The molecule has 6 nitrogen and oxygen atoms in total. The van der Waals surface area contributed by atoms with E-state index in [1.165, 1.54) is 5.56 Å². The van der Waals surface area contributed by atoms with Gasteiger partial charge < -0.3 is 19.5 Å². The van der Waals surface area contributed by atoms with Gasteiger partial charge >= 0.3 is 0 Å². The molecule has 1 saturated heterocycles. The average molecular weight is 354 g/mol. The molecule has 2 aliphatic rings. The normalized spacial score (nSPS) is 18.7. The Bertz CT molecular complexity index is 791. The van der Waals surface area contributed by atoms with Crippen molar-refractivity contribution >= 4 is 11.6 Å². The van der Waals surface area contributed by atoms with Gasteiger partial charge in [0.1, 0.15) is 5.75 Å². The molecule has 6 heteroatoms. The number of rotatable bonds is 5. The molecule has 0 saturated carbocycles. The zero-order valence-electron chi connectivity index (χ0n) is 14.7. The summed E-state index contributed by atoms with van der Waals surface area (Å²) in [5.74, 6) is 2.20. The Morgan fingerprint density at radius 1 is 1.19 bits per heavy atom. The van der Waals surface area contributed by atoms with Crippen molar-refractivity contribution in [1.29, 1.82) is 0 Å². The summed E-state index contributed by atoms with van der Waals surface area (Å²) in [7, 11) is 1.66. The third-order valence-electron chi connectivity index (χ3n) is 4.87. The molecule has 4 rings (SSSR count). The zero-order valence-corrected chi connectivity index (χ0v) is 14.7. The van der Waals surface area contributed by atoms with E-state index < -0.39 is 0 Å². The van der Waals surface area contributed by atoms with E-state index in [-0.39, 0.29) is 18.7 Å². The van der Waals surface area contributed by atoms with E-state index in [9.17, 15) is 4.79 Å². The lowest BCUT2D eigenvalue weighted by molar-refractivity contribution is -0.117. The number of nitrogens with one attached hydrogen (secondary N) is 1. The molecule has 2 aromatic carbocycles. The van der Waals surface area contributed by atoms with Crippen LogP contribution in [-0.4, -0.2) is 37.8 Å². The van der Waals surface area contributed by atoms with Gasteiger partial charge in [-0.2, -0.15) is 0 Å². The Balaban J connectivity index is 1.39. The van der Waals surface area contributed by atoms with E-state index in [2.05, 4.69) is 22.3 Å². The van der Waals surface area contributed by atoms with Crippen molar-refractivity contribution in [3.05, 3.63) is 48.0 Å². The van der Waals surface area contributed by atoms with Gasteiger partial charge in [-0.05, 0) is 49.2 Å². The predicted molar refractivity (Wildman–Crippen MR) is 97.7 cm³/mol. The van der Waals surface area contributed by atoms with Crippen molar-refractivity contribution in [2.24, 2.45) is 0 Å². The molecule has 0 spiro atoms. The number of fused-ring (bicyclic) bond motifs is 1. The molecular formula is C20H22N2O4. The molecule has 0 aliphatic carbocycles. The molecule has 1 N–H and O–H groups in total. The number of carbonyl (C=O) groups excluding carboxylic acids is 1. The van der Waals surface area contributed by atoms with Crippen molar-refractivity contribution in [3.8, 4) is 17.2 Å². The Kier molecular flexibility index (Phi) is 4.67. The fourth-order valence-electron chi connectivity index (χ4n) is 3.58. The number of methoxy groups -OCH3 is 1. The SMILES string of the molecule is COc1ccc(C2CCCN2CC(=O)Nc2ccc3c(c2)OCO3)cc1. The number of nitrogens with zero attached hydrogens (tertiary/aromatic N) is 1. The van der Waals surface area contributed by atoms with Gasteiger partial charge in [0.2, 0.25) is 12.7 Å². The third-order valence-corrected chi connectivity index (χ3v) is 4.87. The van der Waals surface area contributed by atoms with E-state index in [0.717, 1.165) is 30.8 Å². The van der Waals surface area contributed by atoms with E-state index in [4.69, 9.17) is 14.2 Å². The first-order valence-electron chi connectivity index (χ1n) is 8.80. The smallest absolute Gasteiger partial charge is 0.238 e. The fraction of sp³-hybridized carbons (Fsp3) is 0.350. The number of anilines is 1. The van der Waals surface area contributed by atoms with E-state index >= 15 is 0 Å². The Morgan fingerprint density at radius 2 is 2.00 bits per heavy atom. The van der Waals surface area contributed by atoms with Gasteiger partial charge in [0.05, 0.1) is 13.7 Å². The highest BCUT2D eigenvalue weighted by Crippen LogP contribution is 2.35. The van der Waals surface area contributed by atoms with Gasteiger partial charge in [0, 0.05) is 17.8 Å². The van der Waals surface area contributed by atoms with E-state index in [0.29, 0.717) is 18.0 Å². The second kappa shape index (κ2) is 7.25. The second-order valence-corrected chi connectivity index (χ2v) is 6.52. The maximum atomic E-state index is 12.5. The van der Waals surface area contributed by atoms with Crippen LogP contribution in [0.4, 0.5) is 5.69 Å². The molecule has 2 heterocycles. The minimum absolute atomic E-state index is 0.0238. The van der Waals surface area contributed by atoms with Crippen LogP contribution in [0.5, 0.6) is 17.2 Å². The van der Waals surface area contributed by atoms with Crippen molar-refractivity contribution in [3.63, 3.8) is 0 Å². The van der Waals surface area contributed by atoms with E-state index in [1.807, 2.05) is 24.3 Å². The second-order valence-electron chi connectivity index (χ2n) is 6.52. The summed E-state index contributed by atoms with van der Waals surface area (Å²) >= 11 is 0. The molecule has 0 radical (unpaired) electrons. The van der Waals surface area contributed by atoms with Crippen LogP contribution >= 0.6 is 0 Å². The summed E-state index contributed by atoms with van der Waals surface area (Å²) in [4.78, 5) is 14.7. The van der Waals surface area contributed by atoms with Crippen LogP contribution in [0.1, 0.15) is 24.4 Å². The van der Waals surface area contributed by atoms with Gasteiger partial charge in [0.15, 0.2) is 11.5 Å². The standard InChI is InChI=1S/C20H22N2O4/c1-24-16-7-4-14(5-8-16)17-3-2-10-22(17)12-20(23)21-15-6-9-18-19(11-15)26-13-25-18/h4-9,11,17H,2-3,10,12-13H2,1H3,(H,21,23). The molecule has 1 amide bonds. The molecular weight excluding hydrogens is 332 g/mol. The molecule has 1 unspecified atom stereocenters. The van der Waals surface area contributed by atoms with Crippen molar-refractivity contribution < 1.29 is 19.0 Å². The molecule has 1 atom stereocenters. The maximum absolute atomic E-state index is 12.5. The van der Waals surface area contributed by atoms with Gasteiger partial charge in [-0.3, -0.25) is 9.69 Å². The van der Waals surface area contributed by atoms with Crippen LogP contribution in [0, 0.1) is 0 Å². The highest BCUT2D eigenvalue weighted by molar-refractivity contribution is 5.92. The molecule has 0 bridgehead atoms. The highest BCUT2D eigenvalue weighted by atomic mass is 16.7. The summed E-state index contributed by atoms with van der Waals surface area (Å²) in [6, 6.07) is 13.8. The summed E-state index contributed by atoms with van der Waals surface area (Å²) in [5.41, 5.74) is 1.94. The van der Waals surface area contributed by atoms with E-state index in [1.54, 1.807) is 13.2 Å². The predicted octanol–water partition coefficient (Wildman–Crippen LogP) is 3.20. The van der Waals surface area contributed by atoms with Gasteiger partial charge in [-0.1, -0.05) is 12.1 Å². The quantitative estimate of drug-likeness (QED) is 0.893. The average Bonchev–Trinajstić information content (AvgIpc) is 3.30. The Labute approximate surface area is 152 Å². The monoisotopic (exact) mass is 354 g/mol. The Morgan fingerprint density at radius 3 is 2.81 bits per heavy atom. The number of ether oxygens (including phenoxy) is 3. The minimum Gasteiger partial charge on any atom is -0.497 e. The van der Waals surface area contributed by atoms with Crippen molar-refractivity contribution in [1.82, 2.24) is 4.90 Å². The topological polar surface area (TPSA) is 60.0 Å². The van der Waals surface area contributed by atoms with Crippen LogP contribution in [0.3, 0.4) is 0 Å². The Hall–Kier alpha value is -2.73. The zero-order chi connectivity index (χ0) is 17.9. The molecule has 136 valence electrons. The molecule has 2 aliphatic heterocycles. The first kappa shape index (κ1) is 16.7. The van der Waals surface area contributed by atoms with Crippen LogP contribution in [-0.2, 0) is 4.79 Å². The lowest BCUT2D eigenvalue weighted by Crippen LogP contribution is -2.32. The van der Waals surface area contributed by atoms with Crippen molar-refractivity contribution in [2.75, 3.05) is 32.3 Å². The molecule has 26 heavy (non-hydrogen) atoms. The lowest BCUT2D eigenvalue weighted by Gasteiger charge is -2.24. The lowest BCUT2D eigenvalue weighted by atomic mass is 10.0. The summed E-state index contributed by atoms with van der Waals surface area (Å²) in [6.07, 6.45) is 2.15. The number of benzene rings is 2. The van der Waals surface area contributed by atoms with Crippen LogP contribution < -0.4 is 19.5 Å². The van der Waals surface area contributed by atoms with Crippen LogP contribution in [0.2, 0.25) is 0 Å². The van der Waals surface area contributed by atoms with Crippen LogP contribution in [0.25, 0.3) is 0 Å². The maximum Gasteiger partial charge on any atom is 0.238 e. The third kappa shape index (κ3) is 3.46. The number of hydrogen-bond acceptors (Lipinski definition) is 5. The molecule has 2 aromatic rings. The van der Waals surface area contributed by atoms with Gasteiger partial charge in [-0.25, -0.2) is 0 Å².